The van der Waals surface area contributed by atoms with Gasteiger partial charge in [0.2, 0.25) is 5.88 Å². The van der Waals surface area contributed by atoms with E-state index in [2.05, 4.69) is 17.2 Å². The Morgan fingerprint density at radius 2 is 1.85 bits per heavy atom. The lowest BCUT2D eigenvalue weighted by Gasteiger charge is -2.07. The molecule has 4 nitrogen and oxygen atoms in total. The van der Waals surface area contributed by atoms with Gasteiger partial charge in [-0.15, -0.1) is 0 Å². The lowest BCUT2D eigenvalue weighted by molar-refractivity contribution is 0.299. The van der Waals surface area contributed by atoms with Gasteiger partial charge in [0, 0.05) is 25.4 Å². The molecule has 1 aromatic carbocycles. The highest BCUT2D eigenvalue weighted by Gasteiger charge is 2.00. The number of aliphatic hydroxyl groups excluding tert-OH is 1. The molecule has 2 rings (SSSR count). The van der Waals surface area contributed by atoms with Crippen molar-refractivity contribution < 1.29 is 9.84 Å². The lowest BCUT2D eigenvalue weighted by atomic mass is 10.1. The first kappa shape index (κ1) is 14.5. The molecule has 0 amide bonds. The molecule has 4 heteroatoms. The minimum atomic E-state index is 0.162. The summed E-state index contributed by atoms with van der Waals surface area (Å²) in [6.07, 6.45) is 2.48. The maximum atomic E-state index is 8.87. The van der Waals surface area contributed by atoms with Crippen LogP contribution in [0.15, 0.2) is 42.6 Å². The lowest BCUT2D eigenvalue weighted by Crippen LogP contribution is -2.11. The highest BCUT2D eigenvalue weighted by atomic mass is 16.5. The van der Waals surface area contributed by atoms with E-state index < -0.39 is 0 Å². The fraction of sp³-hybridized carbons (Fsp3) is 0.312. The number of nitrogens with one attached hydrogen (secondary N) is 1. The normalized spacial score (nSPS) is 10.5. The number of aliphatic hydroxyl groups is 1. The first-order chi connectivity index (χ1) is 9.81. The van der Waals surface area contributed by atoms with Crippen LogP contribution in [0.5, 0.6) is 11.6 Å². The van der Waals surface area contributed by atoms with Gasteiger partial charge in [0.25, 0.3) is 0 Å². The van der Waals surface area contributed by atoms with Crippen molar-refractivity contribution in [2.75, 3.05) is 13.2 Å². The molecule has 0 fully saturated rings. The van der Waals surface area contributed by atoms with Crippen LogP contribution in [-0.2, 0) is 13.0 Å². The standard InChI is InChI=1S/C16H20N2O2/c1-2-17-11-14-5-8-16(18-12-14)20-15-6-3-13(4-7-15)9-10-19/h3-8,12,17,19H,2,9-11H2,1H3. The molecule has 0 spiro atoms. The Morgan fingerprint density at radius 1 is 1.10 bits per heavy atom. The van der Waals surface area contributed by atoms with Crippen molar-refractivity contribution in [3.8, 4) is 11.6 Å². The molecule has 0 saturated carbocycles. The number of aromatic nitrogens is 1. The number of hydrogen-bond donors (Lipinski definition) is 2. The molecule has 0 bridgehead atoms. The molecule has 0 unspecified atom stereocenters. The predicted molar refractivity (Wildman–Crippen MR) is 78.9 cm³/mol. The van der Waals surface area contributed by atoms with Gasteiger partial charge in [-0.2, -0.15) is 0 Å². The molecule has 0 atom stereocenters. The van der Waals surface area contributed by atoms with Crippen LogP contribution in [-0.4, -0.2) is 23.2 Å². The van der Waals surface area contributed by atoms with E-state index in [0.717, 1.165) is 30.0 Å². The number of pyridine rings is 1. The van der Waals surface area contributed by atoms with Crippen LogP contribution in [0.25, 0.3) is 0 Å². The number of nitrogens with zero attached hydrogens (tertiary/aromatic N) is 1. The highest BCUT2D eigenvalue weighted by molar-refractivity contribution is 5.31. The van der Waals surface area contributed by atoms with E-state index in [1.54, 1.807) is 0 Å². The Bertz CT molecular complexity index is 509. The van der Waals surface area contributed by atoms with Gasteiger partial charge in [0.15, 0.2) is 0 Å². The summed E-state index contributed by atoms with van der Waals surface area (Å²) in [5, 5.41) is 12.1. The Morgan fingerprint density at radius 3 is 2.45 bits per heavy atom. The molecule has 0 aliphatic rings. The summed E-state index contributed by atoms with van der Waals surface area (Å²) in [5.74, 6) is 1.33. The summed E-state index contributed by atoms with van der Waals surface area (Å²) in [6, 6.07) is 11.5. The molecule has 1 aromatic heterocycles. The maximum absolute atomic E-state index is 8.87. The Kier molecular flexibility index (Phi) is 5.53. The van der Waals surface area contributed by atoms with Crippen molar-refractivity contribution in [3.05, 3.63) is 53.7 Å². The number of ether oxygens (including phenoxy) is 1. The van der Waals surface area contributed by atoms with E-state index in [1.165, 1.54) is 0 Å². The molecule has 2 aromatic rings. The zero-order chi connectivity index (χ0) is 14.2. The second-order valence-electron chi connectivity index (χ2n) is 4.50. The number of benzene rings is 1. The third kappa shape index (κ3) is 4.33. The van der Waals surface area contributed by atoms with Gasteiger partial charge < -0.3 is 15.2 Å². The Hall–Kier alpha value is -1.91. The van der Waals surface area contributed by atoms with Gasteiger partial charge in [0.05, 0.1) is 0 Å². The number of hydrogen-bond acceptors (Lipinski definition) is 4. The second kappa shape index (κ2) is 7.62. The molecule has 2 N–H and O–H groups in total. The average Bonchev–Trinajstić information content (AvgIpc) is 2.49. The minimum absolute atomic E-state index is 0.162. The van der Waals surface area contributed by atoms with E-state index in [0.29, 0.717) is 12.3 Å². The van der Waals surface area contributed by atoms with Crippen LogP contribution >= 0.6 is 0 Å². The second-order valence-corrected chi connectivity index (χ2v) is 4.50. The molecule has 0 aliphatic carbocycles. The van der Waals surface area contributed by atoms with E-state index in [-0.39, 0.29) is 6.61 Å². The van der Waals surface area contributed by atoms with Crippen LogP contribution in [0.1, 0.15) is 18.1 Å². The van der Waals surface area contributed by atoms with Gasteiger partial charge in [-0.05, 0) is 36.2 Å². The summed E-state index contributed by atoms with van der Waals surface area (Å²) in [5.41, 5.74) is 2.23. The SMILES string of the molecule is CCNCc1ccc(Oc2ccc(CCO)cc2)nc1. The van der Waals surface area contributed by atoms with Crippen LogP contribution in [0, 0.1) is 0 Å². The zero-order valence-corrected chi connectivity index (χ0v) is 11.7. The summed E-state index contributed by atoms with van der Waals surface area (Å²) < 4.78 is 5.68. The Balaban J connectivity index is 1.95. The monoisotopic (exact) mass is 272 g/mol. The predicted octanol–water partition coefficient (Wildman–Crippen LogP) is 2.52. The summed E-state index contributed by atoms with van der Waals surface area (Å²) in [4.78, 5) is 4.28. The maximum Gasteiger partial charge on any atom is 0.219 e. The quantitative estimate of drug-likeness (QED) is 0.813. The van der Waals surface area contributed by atoms with Gasteiger partial charge in [-0.25, -0.2) is 4.98 Å². The third-order valence-electron chi connectivity index (χ3n) is 2.92. The van der Waals surface area contributed by atoms with Crippen LogP contribution in [0.4, 0.5) is 0 Å². The van der Waals surface area contributed by atoms with Crippen LogP contribution in [0.3, 0.4) is 0 Å². The van der Waals surface area contributed by atoms with Gasteiger partial charge >= 0.3 is 0 Å². The van der Waals surface area contributed by atoms with Crippen LogP contribution < -0.4 is 10.1 Å². The summed E-state index contributed by atoms with van der Waals surface area (Å²) >= 11 is 0. The molecule has 0 radical (unpaired) electrons. The van der Waals surface area contributed by atoms with Crippen molar-refractivity contribution in [1.82, 2.24) is 10.3 Å². The fourth-order valence-electron chi connectivity index (χ4n) is 1.82. The zero-order valence-electron chi connectivity index (χ0n) is 11.7. The van der Waals surface area contributed by atoms with Crippen molar-refractivity contribution in [2.24, 2.45) is 0 Å². The van der Waals surface area contributed by atoms with E-state index in [9.17, 15) is 0 Å². The first-order valence-corrected chi connectivity index (χ1v) is 6.85. The van der Waals surface area contributed by atoms with Gasteiger partial charge in [0.1, 0.15) is 5.75 Å². The van der Waals surface area contributed by atoms with Gasteiger partial charge in [-0.3, -0.25) is 0 Å². The van der Waals surface area contributed by atoms with E-state index in [4.69, 9.17) is 9.84 Å². The topological polar surface area (TPSA) is 54.4 Å². The van der Waals surface area contributed by atoms with Crippen molar-refractivity contribution >= 4 is 0 Å². The van der Waals surface area contributed by atoms with Crippen molar-refractivity contribution in [2.45, 2.75) is 19.9 Å². The third-order valence-corrected chi connectivity index (χ3v) is 2.92. The highest BCUT2D eigenvalue weighted by Crippen LogP contribution is 2.20. The smallest absolute Gasteiger partial charge is 0.219 e. The average molecular weight is 272 g/mol. The molecule has 20 heavy (non-hydrogen) atoms. The van der Waals surface area contributed by atoms with Crippen molar-refractivity contribution in [3.63, 3.8) is 0 Å². The summed E-state index contributed by atoms with van der Waals surface area (Å²) in [6.45, 7) is 4.00. The van der Waals surface area contributed by atoms with E-state index >= 15 is 0 Å². The first-order valence-electron chi connectivity index (χ1n) is 6.85. The van der Waals surface area contributed by atoms with Gasteiger partial charge in [-0.1, -0.05) is 25.1 Å². The molecule has 0 aliphatic heterocycles. The summed E-state index contributed by atoms with van der Waals surface area (Å²) in [7, 11) is 0. The van der Waals surface area contributed by atoms with Crippen molar-refractivity contribution in [1.29, 1.82) is 0 Å². The van der Waals surface area contributed by atoms with Crippen LogP contribution in [0.2, 0.25) is 0 Å². The minimum Gasteiger partial charge on any atom is -0.439 e. The molecular weight excluding hydrogens is 252 g/mol. The fourth-order valence-corrected chi connectivity index (χ4v) is 1.82. The Labute approximate surface area is 119 Å². The molecular formula is C16H20N2O2. The molecule has 1 heterocycles. The largest absolute Gasteiger partial charge is 0.439 e. The molecule has 0 saturated heterocycles. The number of rotatable bonds is 7. The molecule has 106 valence electrons. The van der Waals surface area contributed by atoms with E-state index in [1.807, 2.05) is 42.6 Å².